The Hall–Kier alpha value is -3.95. The molecule has 0 saturated heterocycles. The molecule has 0 aromatic heterocycles. The number of carbonyl (C=O) groups is 2. The molecule has 6 heteroatoms. The number of rotatable bonds is 11. The maximum absolute atomic E-state index is 12.4. The Balaban J connectivity index is 1.41. The quantitative estimate of drug-likeness (QED) is 0.120. The molecular weight excluding hydrogens is 567 g/mol. The smallest absolute Gasteiger partial charge is 0.311 e. The van der Waals surface area contributed by atoms with Gasteiger partial charge in [-0.2, -0.15) is 0 Å². The van der Waals surface area contributed by atoms with Gasteiger partial charge < -0.3 is 19.4 Å². The first-order valence-corrected chi connectivity index (χ1v) is 17.4. The molecule has 1 aliphatic heterocycles. The van der Waals surface area contributed by atoms with Gasteiger partial charge in [0.05, 0.1) is 12.6 Å². The predicted molar refractivity (Wildman–Crippen MR) is 177 cm³/mol. The fourth-order valence-corrected chi connectivity index (χ4v) is 10.9. The van der Waals surface area contributed by atoms with Crippen molar-refractivity contribution in [1.29, 1.82) is 0 Å². The molecule has 0 fully saturated rings. The van der Waals surface area contributed by atoms with E-state index in [9.17, 15) is 14.7 Å². The number of carbonyl (C=O) groups excluding carboxylic acids is 2. The number of carboxylic acids is 1. The van der Waals surface area contributed by atoms with Crippen LogP contribution in [0.5, 0.6) is 11.5 Å². The number of fused-ring (bicyclic) bond motifs is 1. The summed E-state index contributed by atoms with van der Waals surface area (Å²) >= 11 is 0. The van der Waals surface area contributed by atoms with Crippen molar-refractivity contribution < 1.29 is 24.2 Å². The van der Waals surface area contributed by atoms with Crippen LogP contribution in [-0.2, 0) is 16.0 Å². The maximum atomic E-state index is 12.4. The van der Waals surface area contributed by atoms with Crippen molar-refractivity contribution in [3.05, 3.63) is 113 Å². The van der Waals surface area contributed by atoms with E-state index >= 15 is 0 Å². The normalized spacial score (nSPS) is 16.1. The van der Waals surface area contributed by atoms with Crippen molar-refractivity contribution in [1.82, 2.24) is 0 Å². The lowest BCUT2D eigenvalue weighted by Gasteiger charge is -2.38. The molecule has 0 aliphatic carbocycles. The number of esters is 1. The number of aliphatic carboxylic acids is 1. The average Bonchev–Trinajstić information content (AvgIpc) is 3.04. The molecule has 228 valence electrons. The van der Waals surface area contributed by atoms with Crippen molar-refractivity contribution in [2.45, 2.75) is 71.8 Å². The average molecular weight is 609 g/mol. The van der Waals surface area contributed by atoms with Crippen LogP contribution in [0.15, 0.2) is 91.0 Å². The second-order valence-electron chi connectivity index (χ2n) is 12.1. The number of carboxylic acid groups (broad SMARTS) is 1. The molecule has 5 rings (SSSR count). The number of ether oxygens (including phenoxy) is 2. The van der Waals surface area contributed by atoms with E-state index in [4.69, 9.17) is 9.47 Å². The molecule has 1 unspecified atom stereocenters. The van der Waals surface area contributed by atoms with Gasteiger partial charge in [-0.25, -0.2) is 0 Å². The van der Waals surface area contributed by atoms with Gasteiger partial charge in [0.2, 0.25) is 0 Å². The minimum Gasteiger partial charge on any atom is -0.550 e. The summed E-state index contributed by atoms with van der Waals surface area (Å²) in [5, 5.41) is 15.0. The second kappa shape index (κ2) is 13.4. The van der Waals surface area contributed by atoms with Gasteiger partial charge in [0.25, 0.3) is 0 Å². The predicted octanol–water partition coefficient (Wildman–Crippen LogP) is 5.91. The zero-order valence-corrected chi connectivity index (χ0v) is 27.0. The largest absolute Gasteiger partial charge is 0.550 e. The van der Waals surface area contributed by atoms with E-state index in [1.165, 1.54) is 15.9 Å². The fourth-order valence-electron chi connectivity index (χ4n) is 6.55. The van der Waals surface area contributed by atoms with Crippen molar-refractivity contribution in [3.8, 4) is 11.5 Å². The Labute approximate surface area is 261 Å². The van der Waals surface area contributed by atoms with Gasteiger partial charge in [0.1, 0.15) is 40.3 Å². The van der Waals surface area contributed by atoms with Gasteiger partial charge in [-0.1, -0.05) is 54.6 Å². The van der Waals surface area contributed by atoms with Gasteiger partial charge in [0, 0.05) is 11.5 Å². The van der Waals surface area contributed by atoms with Crippen LogP contribution in [0.2, 0.25) is 0 Å². The van der Waals surface area contributed by atoms with E-state index in [1.54, 1.807) is 0 Å². The van der Waals surface area contributed by atoms with E-state index in [-0.39, 0.29) is 18.4 Å². The molecule has 1 atom stereocenters. The molecule has 0 bridgehead atoms. The molecule has 44 heavy (non-hydrogen) atoms. The van der Waals surface area contributed by atoms with E-state index in [0.29, 0.717) is 5.75 Å². The summed E-state index contributed by atoms with van der Waals surface area (Å²) in [5.41, 5.74) is 3.42. The Bertz CT molecular complexity index is 1520. The van der Waals surface area contributed by atoms with Gasteiger partial charge in [-0.15, -0.1) is 0 Å². The van der Waals surface area contributed by atoms with Gasteiger partial charge in [-0.05, 0) is 113 Å². The zero-order chi connectivity index (χ0) is 31.3. The summed E-state index contributed by atoms with van der Waals surface area (Å²) in [4.78, 5) is 23.2. The second-order valence-corrected chi connectivity index (χ2v) is 15.7. The van der Waals surface area contributed by atoms with Crippen molar-refractivity contribution in [2.75, 3.05) is 6.16 Å². The first kappa shape index (κ1) is 31.5. The van der Waals surface area contributed by atoms with Crippen LogP contribution < -0.4 is 30.5 Å². The molecule has 0 N–H and O–H groups in total. The summed E-state index contributed by atoms with van der Waals surface area (Å²) in [6.07, 6.45) is 4.06. The first-order chi connectivity index (χ1) is 21.1. The van der Waals surface area contributed by atoms with E-state index in [1.807, 2.05) is 20.8 Å². The zero-order valence-electron chi connectivity index (χ0n) is 26.1. The molecular formula is C38H41O5P. The van der Waals surface area contributed by atoms with Crippen LogP contribution >= 0.6 is 7.26 Å². The SMILES string of the molecule is Cc1c(C)c2c(c(C)c1OC(=O)CCC(=O)[O-])CCC(C)(CCC[P+](c1ccccc1)(c1ccccc1)c1ccccc1)O2. The lowest BCUT2D eigenvalue weighted by Crippen LogP contribution is -2.38. The van der Waals surface area contributed by atoms with Gasteiger partial charge >= 0.3 is 5.97 Å². The number of hydrogen-bond donors (Lipinski definition) is 0. The molecule has 0 spiro atoms. The van der Waals surface area contributed by atoms with Gasteiger partial charge in [-0.3, -0.25) is 4.79 Å². The lowest BCUT2D eigenvalue weighted by atomic mass is 9.85. The van der Waals surface area contributed by atoms with Crippen LogP contribution in [0.1, 0.15) is 61.3 Å². The topological polar surface area (TPSA) is 75.7 Å². The van der Waals surface area contributed by atoms with E-state index < -0.39 is 19.2 Å². The highest BCUT2D eigenvalue weighted by Crippen LogP contribution is 2.56. The standard InChI is InChI=1S/C38H41O5P/c1-27-28(2)37-33(29(3)36(27)42-35(41)22-21-34(39)40)23-25-38(4,43-37)24-14-26-44(30-15-8-5-9-16-30,31-17-10-6-11-18-31)32-19-12-7-13-20-32/h5-13,15-20H,14,21-26H2,1-4H3. The number of hydrogen-bond acceptors (Lipinski definition) is 5. The Morgan fingerprint density at radius 2 is 1.32 bits per heavy atom. The summed E-state index contributed by atoms with van der Waals surface area (Å²) < 4.78 is 12.5. The molecule has 4 aromatic rings. The summed E-state index contributed by atoms with van der Waals surface area (Å²) in [6, 6.07) is 33.0. The Kier molecular flexibility index (Phi) is 9.56. The fraction of sp³-hybridized carbons (Fsp3) is 0.316. The molecule has 1 heterocycles. The molecule has 0 amide bonds. The van der Waals surface area contributed by atoms with Crippen LogP contribution in [0, 0.1) is 20.8 Å². The van der Waals surface area contributed by atoms with Crippen molar-refractivity contribution in [2.24, 2.45) is 0 Å². The summed E-state index contributed by atoms with van der Waals surface area (Å²) in [5.74, 6) is -0.428. The Morgan fingerprint density at radius 3 is 1.82 bits per heavy atom. The monoisotopic (exact) mass is 608 g/mol. The lowest BCUT2D eigenvalue weighted by molar-refractivity contribution is -0.305. The first-order valence-electron chi connectivity index (χ1n) is 15.4. The summed E-state index contributed by atoms with van der Waals surface area (Å²) in [6.45, 7) is 8.12. The molecule has 1 aliphatic rings. The van der Waals surface area contributed by atoms with E-state index in [0.717, 1.165) is 59.8 Å². The maximum Gasteiger partial charge on any atom is 0.311 e. The van der Waals surface area contributed by atoms with E-state index in [2.05, 4.69) is 97.9 Å². The molecule has 0 radical (unpaired) electrons. The molecule has 4 aromatic carbocycles. The summed E-state index contributed by atoms with van der Waals surface area (Å²) in [7, 11) is -1.92. The van der Waals surface area contributed by atoms with Gasteiger partial charge in [0.15, 0.2) is 0 Å². The third-order valence-electron chi connectivity index (χ3n) is 9.10. The highest BCUT2D eigenvalue weighted by Gasteiger charge is 2.45. The third kappa shape index (κ3) is 6.44. The Morgan fingerprint density at radius 1 is 0.795 bits per heavy atom. The highest BCUT2D eigenvalue weighted by molar-refractivity contribution is 7.95. The minimum absolute atomic E-state index is 0.217. The highest BCUT2D eigenvalue weighted by atomic mass is 31.2. The molecule has 0 saturated carbocycles. The van der Waals surface area contributed by atoms with Crippen LogP contribution in [0.3, 0.4) is 0 Å². The minimum atomic E-state index is -1.92. The molecule has 5 nitrogen and oxygen atoms in total. The van der Waals surface area contributed by atoms with Crippen molar-refractivity contribution in [3.63, 3.8) is 0 Å². The third-order valence-corrected chi connectivity index (χ3v) is 13.6. The van der Waals surface area contributed by atoms with Crippen LogP contribution in [0.25, 0.3) is 0 Å². The van der Waals surface area contributed by atoms with Crippen molar-refractivity contribution >= 4 is 35.1 Å². The number of benzene rings is 4. The van der Waals surface area contributed by atoms with Crippen LogP contribution in [-0.4, -0.2) is 23.7 Å². The van der Waals surface area contributed by atoms with Crippen LogP contribution in [0.4, 0.5) is 0 Å².